The first-order valence-electron chi connectivity index (χ1n) is 10.1. The zero-order chi connectivity index (χ0) is 22.9. The number of hydrogen-bond acceptors (Lipinski definition) is 4. The molecule has 3 aromatic carbocycles. The van der Waals surface area contributed by atoms with Crippen molar-refractivity contribution in [1.29, 1.82) is 5.26 Å². The van der Waals surface area contributed by atoms with Crippen LogP contribution < -0.4 is 14.8 Å². The monoisotopic (exact) mass is 446 g/mol. The van der Waals surface area contributed by atoms with Crippen LogP contribution in [0, 0.1) is 11.3 Å². The molecule has 0 radical (unpaired) electrons. The number of amides is 1. The molecule has 0 fully saturated rings. The van der Waals surface area contributed by atoms with E-state index in [2.05, 4.69) is 12.2 Å². The third-order valence-electron chi connectivity index (χ3n) is 4.81. The largest absolute Gasteiger partial charge is 0.497 e. The number of carbonyl (C=O) groups is 1. The second-order valence-corrected chi connectivity index (χ2v) is 7.43. The lowest BCUT2D eigenvalue weighted by Crippen LogP contribution is -2.13. The highest BCUT2D eigenvalue weighted by Crippen LogP contribution is 2.28. The van der Waals surface area contributed by atoms with E-state index in [4.69, 9.17) is 21.1 Å². The molecule has 0 saturated carbocycles. The number of hydrogen-bond donors (Lipinski definition) is 1. The molecule has 0 aliphatic heterocycles. The Morgan fingerprint density at radius 3 is 2.38 bits per heavy atom. The van der Waals surface area contributed by atoms with Gasteiger partial charge in [-0.15, -0.1) is 0 Å². The van der Waals surface area contributed by atoms with Gasteiger partial charge in [-0.25, -0.2) is 0 Å². The summed E-state index contributed by atoms with van der Waals surface area (Å²) in [5.74, 6) is 0.607. The standard InChI is InChI=1S/C26H23ClN2O3/c1-3-18-6-11-23(12-7-18)29-26(30)21(16-28)14-20-8-13-24(31-2)15-25(20)32-17-19-4-9-22(27)10-5-19/h4-15H,3,17H2,1-2H3,(H,29,30)/b21-14+. The average Bonchev–Trinajstić information content (AvgIpc) is 2.83. The van der Waals surface area contributed by atoms with Gasteiger partial charge in [0.05, 0.1) is 7.11 Å². The minimum Gasteiger partial charge on any atom is -0.497 e. The van der Waals surface area contributed by atoms with Gasteiger partial charge in [0.2, 0.25) is 0 Å². The average molecular weight is 447 g/mol. The van der Waals surface area contributed by atoms with E-state index in [1.165, 1.54) is 11.6 Å². The Labute approximate surface area is 192 Å². The van der Waals surface area contributed by atoms with Gasteiger partial charge in [0, 0.05) is 22.3 Å². The zero-order valence-electron chi connectivity index (χ0n) is 17.9. The molecule has 0 atom stereocenters. The zero-order valence-corrected chi connectivity index (χ0v) is 18.6. The number of nitrogens with zero attached hydrogens (tertiary/aromatic N) is 1. The number of benzene rings is 3. The van der Waals surface area contributed by atoms with Gasteiger partial charge in [-0.05, 0) is 60.0 Å². The molecule has 32 heavy (non-hydrogen) atoms. The molecule has 0 aliphatic carbocycles. The number of anilines is 1. The molecule has 0 saturated heterocycles. The molecule has 0 aliphatic rings. The van der Waals surface area contributed by atoms with Crippen LogP contribution >= 0.6 is 11.6 Å². The molecule has 3 aromatic rings. The van der Waals surface area contributed by atoms with E-state index in [0.717, 1.165) is 12.0 Å². The van der Waals surface area contributed by atoms with Gasteiger partial charge >= 0.3 is 0 Å². The first-order valence-corrected chi connectivity index (χ1v) is 10.5. The molecule has 0 aromatic heterocycles. The number of ether oxygens (including phenoxy) is 2. The summed E-state index contributed by atoms with van der Waals surface area (Å²) in [4.78, 5) is 12.7. The molecule has 0 bridgehead atoms. The second kappa shape index (κ2) is 11.0. The number of halogens is 1. The molecule has 0 unspecified atom stereocenters. The fraction of sp³-hybridized carbons (Fsp3) is 0.154. The number of carbonyl (C=O) groups excluding carboxylic acids is 1. The summed E-state index contributed by atoms with van der Waals surface area (Å²) in [6.45, 7) is 2.36. The van der Waals surface area contributed by atoms with Crippen LogP contribution in [0.15, 0.2) is 72.3 Å². The molecule has 6 heteroatoms. The van der Waals surface area contributed by atoms with E-state index < -0.39 is 5.91 Å². The second-order valence-electron chi connectivity index (χ2n) is 6.99. The Morgan fingerprint density at radius 2 is 1.75 bits per heavy atom. The van der Waals surface area contributed by atoms with Crippen LogP contribution in [0.25, 0.3) is 6.08 Å². The molecule has 0 spiro atoms. The van der Waals surface area contributed by atoms with Gasteiger partial charge in [-0.3, -0.25) is 4.79 Å². The Kier molecular flexibility index (Phi) is 7.91. The number of methoxy groups -OCH3 is 1. The van der Waals surface area contributed by atoms with E-state index in [1.54, 1.807) is 37.4 Å². The highest BCUT2D eigenvalue weighted by Gasteiger charge is 2.13. The summed E-state index contributed by atoms with van der Waals surface area (Å²) < 4.78 is 11.3. The number of aryl methyl sites for hydroxylation is 1. The van der Waals surface area contributed by atoms with Gasteiger partial charge in [-0.2, -0.15) is 5.26 Å². The van der Waals surface area contributed by atoms with Crippen molar-refractivity contribution in [3.8, 4) is 17.6 Å². The van der Waals surface area contributed by atoms with Crippen molar-refractivity contribution < 1.29 is 14.3 Å². The van der Waals surface area contributed by atoms with Crippen LogP contribution in [0.4, 0.5) is 5.69 Å². The Balaban J connectivity index is 1.82. The topological polar surface area (TPSA) is 71.4 Å². The van der Waals surface area contributed by atoms with E-state index >= 15 is 0 Å². The fourth-order valence-electron chi connectivity index (χ4n) is 2.95. The van der Waals surface area contributed by atoms with Crippen LogP contribution in [0.2, 0.25) is 5.02 Å². The lowest BCUT2D eigenvalue weighted by molar-refractivity contribution is -0.112. The molecule has 1 N–H and O–H groups in total. The predicted molar refractivity (Wildman–Crippen MR) is 127 cm³/mol. The van der Waals surface area contributed by atoms with E-state index in [-0.39, 0.29) is 5.57 Å². The molecular formula is C26H23ClN2O3. The van der Waals surface area contributed by atoms with Crippen LogP contribution in [0.3, 0.4) is 0 Å². The first kappa shape index (κ1) is 22.9. The van der Waals surface area contributed by atoms with Crippen molar-refractivity contribution in [1.82, 2.24) is 0 Å². The lowest BCUT2D eigenvalue weighted by Gasteiger charge is -2.12. The van der Waals surface area contributed by atoms with Crippen molar-refractivity contribution in [3.63, 3.8) is 0 Å². The number of nitriles is 1. The van der Waals surface area contributed by atoms with E-state index in [1.807, 2.05) is 42.5 Å². The molecule has 162 valence electrons. The predicted octanol–water partition coefficient (Wildman–Crippen LogP) is 6.04. The summed E-state index contributed by atoms with van der Waals surface area (Å²) in [5, 5.41) is 13.0. The van der Waals surface area contributed by atoms with E-state index in [9.17, 15) is 10.1 Å². The van der Waals surface area contributed by atoms with Crippen molar-refractivity contribution in [3.05, 3.63) is 94.0 Å². The van der Waals surface area contributed by atoms with E-state index in [0.29, 0.717) is 34.4 Å². The Morgan fingerprint density at radius 1 is 1.06 bits per heavy atom. The summed E-state index contributed by atoms with van der Waals surface area (Å²) in [6, 6.07) is 22.0. The van der Waals surface area contributed by atoms with Gasteiger partial charge in [-0.1, -0.05) is 42.8 Å². The van der Waals surface area contributed by atoms with Crippen LogP contribution in [-0.2, 0) is 17.8 Å². The highest BCUT2D eigenvalue weighted by molar-refractivity contribution is 6.30. The third kappa shape index (κ3) is 6.13. The molecular weight excluding hydrogens is 424 g/mol. The van der Waals surface area contributed by atoms with Crippen molar-refractivity contribution in [2.75, 3.05) is 12.4 Å². The van der Waals surface area contributed by atoms with Crippen molar-refractivity contribution in [2.24, 2.45) is 0 Å². The summed E-state index contributed by atoms with van der Waals surface area (Å²) in [5.41, 5.74) is 3.28. The quantitative estimate of drug-likeness (QED) is 0.338. The summed E-state index contributed by atoms with van der Waals surface area (Å²) >= 11 is 5.94. The van der Waals surface area contributed by atoms with Crippen LogP contribution in [-0.4, -0.2) is 13.0 Å². The maximum atomic E-state index is 12.7. The number of rotatable bonds is 8. The van der Waals surface area contributed by atoms with Gasteiger partial charge < -0.3 is 14.8 Å². The van der Waals surface area contributed by atoms with Gasteiger partial charge in [0.1, 0.15) is 29.7 Å². The summed E-state index contributed by atoms with van der Waals surface area (Å²) in [7, 11) is 1.56. The van der Waals surface area contributed by atoms with Gasteiger partial charge in [0.15, 0.2) is 0 Å². The molecule has 3 rings (SSSR count). The third-order valence-corrected chi connectivity index (χ3v) is 5.07. The molecule has 0 heterocycles. The van der Waals surface area contributed by atoms with Crippen LogP contribution in [0.1, 0.15) is 23.6 Å². The Bertz CT molecular complexity index is 1150. The van der Waals surface area contributed by atoms with Crippen molar-refractivity contribution in [2.45, 2.75) is 20.0 Å². The van der Waals surface area contributed by atoms with Crippen molar-refractivity contribution >= 4 is 29.3 Å². The molecule has 5 nitrogen and oxygen atoms in total. The van der Waals surface area contributed by atoms with Crippen LogP contribution in [0.5, 0.6) is 11.5 Å². The smallest absolute Gasteiger partial charge is 0.266 e. The summed E-state index contributed by atoms with van der Waals surface area (Å²) in [6.07, 6.45) is 2.42. The van der Waals surface area contributed by atoms with Gasteiger partial charge in [0.25, 0.3) is 5.91 Å². The normalized spacial score (nSPS) is 10.9. The maximum Gasteiger partial charge on any atom is 0.266 e. The lowest BCUT2D eigenvalue weighted by atomic mass is 10.1. The number of nitrogens with one attached hydrogen (secondary N) is 1. The Hall–Kier alpha value is -3.75. The minimum atomic E-state index is -0.490. The maximum absolute atomic E-state index is 12.7. The highest BCUT2D eigenvalue weighted by atomic mass is 35.5. The first-order chi connectivity index (χ1) is 15.5. The SMILES string of the molecule is CCc1ccc(NC(=O)/C(C#N)=C/c2ccc(OC)cc2OCc2ccc(Cl)cc2)cc1. The fourth-order valence-corrected chi connectivity index (χ4v) is 3.08. The minimum absolute atomic E-state index is 0.0360. The molecule has 1 amide bonds.